The van der Waals surface area contributed by atoms with E-state index in [-0.39, 0.29) is 11.7 Å². The summed E-state index contributed by atoms with van der Waals surface area (Å²) in [6, 6.07) is 16.4. The molecule has 0 bridgehead atoms. The molecule has 2 heterocycles. The number of hydrogen-bond acceptors (Lipinski definition) is 3. The van der Waals surface area contributed by atoms with E-state index < -0.39 is 5.97 Å². The second kappa shape index (κ2) is 6.75. The van der Waals surface area contributed by atoms with Gasteiger partial charge in [-0.25, -0.2) is 9.37 Å². The fourth-order valence-electron chi connectivity index (χ4n) is 3.49. The molecule has 5 heteroatoms. The number of carboxylic acids is 1. The van der Waals surface area contributed by atoms with Crippen molar-refractivity contribution in [3.8, 4) is 11.1 Å². The first kappa shape index (κ1) is 16.5. The summed E-state index contributed by atoms with van der Waals surface area (Å²) in [7, 11) is 0. The monoisotopic (exact) mass is 350 g/mol. The molecule has 0 aliphatic carbocycles. The minimum Gasteiger partial charge on any atom is -0.481 e. The molecule has 26 heavy (non-hydrogen) atoms. The highest BCUT2D eigenvalue weighted by Gasteiger charge is 2.25. The van der Waals surface area contributed by atoms with Crippen LogP contribution in [-0.2, 0) is 4.79 Å². The van der Waals surface area contributed by atoms with Crippen molar-refractivity contribution in [3.63, 3.8) is 0 Å². The van der Waals surface area contributed by atoms with Crippen molar-refractivity contribution in [3.05, 3.63) is 60.4 Å². The molecule has 1 aliphatic heterocycles. The number of benzene rings is 2. The van der Waals surface area contributed by atoms with E-state index in [4.69, 9.17) is 10.1 Å². The van der Waals surface area contributed by atoms with Gasteiger partial charge in [-0.15, -0.1) is 0 Å². The second-order valence-electron chi connectivity index (χ2n) is 6.69. The van der Waals surface area contributed by atoms with Crippen LogP contribution in [0.2, 0.25) is 0 Å². The third-order valence-electron chi connectivity index (χ3n) is 5.00. The van der Waals surface area contributed by atoms with Gasteiger partial charge in [0.05, 0.1) is 11.4 Å². The normalized spacial score (nSPS) is 15.3. The van der Waals surface area contributed by atoms with Gasteiger partial charge in [-0.1, -0.05) is 18.2 Å². The van der Waals surface area contributed by atoms with Crippen molar-refractivity contribution in [2.24, 2.45) is 5.92 Å². The van der Waals surface area contributed by atoms with Crippen LogP contribution in [0.3, 0.4) is 0 Å². The molecule has 0 amide bonds. The molecule has 0 unspecified atom stereocenters. The number of anilines is 1. The summed E-state index contributed by atoms with van der Waals surface area (Å²) in [4.78, 5) is 17.9. The largest absolute Gasteiger partial charge is 0.481 e. The lowest BCUT2D eigenvalue weighted by atomic mass is 9.97. The predicted octanol–water partition coefficient (Wildman–Crippen LogP) is 4.34. The number of rotatable bonds is 3. The summed E-state index contributed by atoms with van der Waals surface area (Å²) < 4.78 is 13.4. The smallest absolute Gasteiger partial charge is 0.306 e. The van der Waals surface area contributed by atoms with Crippen LogP contribution >= 0.6 is 0 Å². The zero-order valence-corrected chi connectivity index (χ0v) is 14.2. The van der Waals surface area contributed by atoms with Crippen LogP contribution < -0.4 is 4.90 Å². The first-order valence-electron chi connectivity index (χ1n) is 8.75. The second-order valence-corrected chi connectivity index (χ2v) is 6.69. The van der Waals surface area contributed by atoms with E-state index in [1.807, 2.05) is 36.4 Å². The lowest BCUT2D eigenvalue weighted by Gasteiger charge is -2.31. The third-order valence-corrected chi connectivity index (χ3v) is 5.00. The quantitative estimate of drug-likeness (QED) is 0.763. The molecule has 1 aliphatic rings. The van der Waals surface area contributed by atoms with E-state index in [2.05, 4.69) is 4.90 Å². The number of piperidine rings is 1. The van der Waals surface area contributed by atoms with Gasteiger partial charge in [0, 0.05) is 18.5 Å². The van der Waals surface area contributed by atoms with Crippen LogP contribution in [-0.4, -0.2) is 29.1 Å². The number of aliphatic carboxylic acids is 1. The first-order chi connectivity index (χ1) is 12.6. The average Bonchev–Trinajstić information content (AvgIpc) is 2.67. The Morgan fingerprint density at radius 1 is 1.04 bits per heavy atom. The summed E-state index contributed by atoms with van der Waals surface area (Å²) in [6.07, 6.45) is 1.29. The van der Waals surface area contributed by atoms with E-state index in [0.717, 1.165) is 27.8 Å². The predicted molar refractivity (Wildman–Crippen MR) is 99.7 cm³/mol. The van der Waals surface area contributed by atoms with Gasteiger partial charge in [0.2, 0.25) is 0 Å². The van der Waals surface area contributed by atoms with Gasteiger partial charge >= 0.3 is 5.97 Å². The Morgan fingerprint density at radius 2 is 1.81 bits per heavy atom. The highest BCUT2D eigenvalue weighted by molar-refractivity contribution is 5.85. The fraction of sp³-hybridized carbons (Fsp3) is 0.238. The highest BCUT2D eigenvalue weighted by atomic mass is 19.1. The zero-order valence-electron chi connectivity index (χ0n) is 14.2. The van der Waals surface area contributed by atoms with Gasteiger partial charge in [-0.2, -0.15) is 0 Å². The molecule has 0 saturated carbocycles. The van der Waals surface area contributed by atoms with Crippen LogP contribution in [0, 0.1) is 11.7 Å². The molecule has 1 aromatic heterocycles. The first-order valence-corrected chi connectivity index (χ1v) is 8.75. The number of halogens is 1. The number of aromatic nitrogens is 1. The van der Waals surface area contributed by atoms with Crippen molar-refractivity contribution in [2.45, 2.75) is 12.8 Å². The molecule has 132 valence electrons. The molecule has 4 nitrogen and oxygen atoms in total. The van der Waals surface area contributed by atoms with Crippen molar-refractivity contribution >= 4 is 22.7 Å². The van der Waals surface area contributed by atoms with Gasteiger partial charge in [0.25, 0.3) is 0 Å². The Labute approximate surface area is 150 Å². The summed E-state index contributed by atoms with van der Waals surface area (Å²) >= 11 is 0. The van der Waals surface area contributed by atoms with Crippen LogP contribution in [0.15, 0.2) is 54.6 Å². The SMILES string of the molecule is O=C(O)C1CCN(c2ccc3cc(-c4cccc(F)c4)ccc3n2)CC1. The molecule has 3 aromatic rings. The number of nitrogens with zero attached hydrogens (tertiary/aromatic N) is 2. The standard InChI is InChI=1S/C21H19FN2O2/c22-18-3-1-2-15(13-18)16-4-6-19-17(12-16)5-7-20(23-19)24-10-8-14(9-11-24)21(25)26/h1-7,12-14H,8-11H2,(H,25,26). The van der Waals surface area contributed by atoms with Crippen LogP contribution in [0.25, 0.3) is 22.0 Å². The Bertz CT molecular complexity index is 965. The molecule has 1 fully saturated rings. The summed E-state index contributed by atoms with van der Waals surface area (Å²) in [5.74, 6) is -0.331. The number of pyridine rings is 1. The Hall–Kier alpha value is -2.95. The summed E-state index contributed by atoms with van der Waals surface area (Å²) in [5.41, 5.74) is 2.67. The van der Waals surface area contributed by atoms with E-state index in [0.29, 0.717) is 25.9 Å². The van der Waals surface area contributed by atoms with E-state index in [1.165, 1.54) is 12.1 Å². The van der Waals surface area contributed by atoms with E-state index >= 15 is 0 Å². The van der Waals surface area contributed by atoms with Crippen molar-refractivity contribution in [1.82, 2.24) is 4.98 Å². The third kappa shape index (κ3) is 3.25. The van der Waals surface area contributed by atoms with E-state index in [1.54, 1.807) is 6.07 Å². The molecule has 4 rings (SSSR count). The average molecular weight is 350 g/mol. The molecule has 0 atom stereocenters. The van der Waals surface area contributed by atoms with Gasteiger partial charge in [0.1, 0.15) is 11.6 Å². The maximum Gasteiger partial charge on any atom is 0.306 e. The molecule has 0 spiro atoms. The Morgan fingerprint density at radius 3 is 2.54 bits per heavy atom. The van der Waals surface area contributed by atoms with Gasteiger partial charge in [-0.3, -0.25) is 4.79 Å². The molecular formula is C21H19FN2O2. The number of carboxylic acid groups (broad SMARTS) is 1. The van der Waals surface area contributed by atoms with Crippen molar-refractivity contribution in [2.75, 3.05) is 18.0 Å². The maximum atomic E-state index is 13.4. The van der Waals surface area contributed by atoms with Gasteiger partial charge in [-0.05, 0) is 60.4 Å². The number of carbonyl (C=O) groups is 1. The molecule has 1 N–H and O–H groups in total. The lowest BCUT2D eigenvalue weighted by molar-refractivity contribution is -0.142. The molecule has 1 saturated heterocycles. The topological polar surface area (TPSA) is 53.4 Å². The van der Waals surface area contributed by atoms with Crippen molar-refractivity contribution < 1.29 is 14.3 Å². The minimum absolute atomic E-state index is 0.249. The van der Waals surface area contributed by atoms with Crippen LogP contribution in [0.1, 0.15) is 12.8 Å². The summed E-state index contributed by atoms with van der Waals surface area (Å²) in [5, 5.41) is 10.1. The molecule has 2 aromatic carbocycles. The maximum absolute atomic E-state index is 13.4. The number of fused-ring (bicyclic) bond motifs is 1. The molecular weight excluding hydrogens is 331 g/mol. The van der Waals surface area contributed by atoms with Crippen molar-refractivity contribution in [1.29, 1.82) is 0 Å². The summed E-state index contributed by atoms with van der Waals surface area (Å²) in [6.45, 7) is 1.41. The Balaban J connectivity index is 1.59. The highest BCUT2D eigenvalue weighted by Crippen LogP contribution is 2.27. The zero-order chi connectivity index (χ0) is 18.1. The van der Waals surface area contributed by atoms with Crippen LogP contribution in [0.4, 0.5) is 10.2 Å². The van der Waals surface area contributed by atoms with Gasteiger partial charge in [0.15, 0.2) is 0 Å². The van der Waals surface area contributed by atoms with E-state index in [9.17, 15) is 9.18 Å². The lowest BCUT2D eigenvalue weighted by Crippen LogP contribution is -2.36. The Kier molecular flexibility index (Phi) is 4.29. The minimum atomic E-state index is -0.707. The molecule has 0 radical (unpaired) electrons. The van der Waals surface area contributed by atoms with Gasteiger partial charge < -0.3 is 10.0 Å². The number of hydrogen-bond donors (Lipinski definition) is 1. The fourth-order valence-corrected chi connectivity index (χ4v) is 3.49. The van der Waals surface area contributed by atoms with Crippen LogP contribution in [0.5, 0.6) is 0 Å².